The number of nitrogens with one attached hydrogen (secondary N) is 2. The third kappa shape index (κ3) is 8.31. The molecule has 0 radical (unpaired) electrons. The lowest BCUT2D eigenvalue weighted by Crippen LogP contribution is -2.27. The number of benzene rings is 2. The van der Waals surface area contributed by atoms with E-state index in [9.17, 15) is 13.2 Å². The maximum atomic E-state index is 13.4. The second kappa shape index (κ2) is 13.0. The molecule has 4 aromatic rings. The van der Waals surface area contributed by atoms with Gasteiger partial charge in [0, 0.05) is 11.5 Å². The van der Waals surface area contributed by atoms with Crippen LogP contribution in [0.25, 0.3) is 11.1 Å². The summed E-state index contributed by atoms with van der Waals surface area (Å²) < 4.78 is 41.1. The molecule has 0 atom stereocenters. The number of rotatable bonds is 10. The van der Waals surface area contributed by atoms with Crippen LogP contribution in [0.15, 0.2) is 78.1 Å². The van der Waals surface area contributed by atoms with E-state index in [1.54, 1.807) is 24.3 Å². The molecule has 0 aliphatic carbocycles. The molecule has 0 bridgehead atoms. The number of anilines is 2. The maximum absolute atomic E-state index is 13.4. The molecule has 0 saturated heterocycles. The Morgan fingerprint density at radius 3 is 2.07 bits per heavy atom. The van der Waals surface area contributed by atoms with Crippen LogP contribution < -0.4 is 19.5 Å². The van der Waals surface area contributed by atoms with Crippen molar-refractivity contribution in [3.05, 3.63) is 84.3 Å². The van der Waals surface area contributed by atoms with E-state index in [0.29, 0.717) is 22.7 Å². The number of sulfonamides is 1. The Kier molecular flexibility index (Phi) is 9.58. The Morgan fingerprint density at radius 2 is 1.48 bits per heavy atom. The minimum absolute atomic E-state index is 0.0919. The van der Waals surface area contributed by atoms with Crippen LogP contribution in [-0.4, -0.2) is 42.5 Å². The van der Waals surface area contributed by atoms with Crippen molar-refractivity contribution in [3.63, 3.8) is 0 Å². The van der Waals surface area contributed by atoms with E-state index in [1.807, 2.05) is 64.1 Å². The third-order valence-electron chi connectivity index (χ3n) is 6.66. The molecule has 44 heavy (non-hydrogen) atoms. The Balaban J connectivity index is 1.50. The zero-order valence-electron chi connectivity index (χ0n) is 26.1. The summed E-state index contributed by atoms with van der Waals surface area (Å²) >= 11 is 0. The van der Waals surface area contributed by atoms with Crippen molar-refractivity contribution in [1.82, 2.24) is 15.0 Å². The molecule has 2 heterocycles. The zero-order valence-corrected chi connectivity index (χ0v) is 27.0. The van der Waals surface area contributed by atoms with Gasteiger partial charge in [-0.1, -0.05) is 83.5 Å². The molecule has 11 heteroatoms. The number of amides is 1. The Labute approximate surface area is 259 Å². The van der Waals surface area contributed by atoms with Crippen LogP contribution in [0.3, 0.4) is 0 Å². The van der Waals surface area contributed by atoms with Gasteiger partial charge in [0.05, 0.1) is 22.3 Å². The topological polar surface area (TPSA) is 132 Å². The Bertz CT molecular complexity index is 1690. The fourth-order valence-electron chi connectivity index (χ4n) is 4.00. The van der Waals surface area contributed by atoms with Crippen LogP contribution >= 0.6 is 0 Å². The van der Waals surface area contributed by atoms with Gasteiger partial charge in [0.15, 0.2) is 5.82 Å². The number of pyridine rings is 1. The molecular formula is C33H39N5O5S. The van der Waals surface area contributed by atoms with E-state index >= 15 is 0 Å². The molecule has 2 aromatic carbocycles. The number of carbonyl (C=O) groups is 1. The number of hydrogen-bond donors (Lipinski definition) is 2. The molecule has 1 amide bonds. The quantitative estimate of drug-likeness (QED) is 0.196. The van der Waals surface area contributed by atoms with E-state index in [1.165, 1.54) is 12.5 Å². The highest BCUT2D eigenvalue weighted by Crippen LogP contribution is 2.35. The van der Waals surface area contributed by atoms with Gasteiger partial charge in [-0.2, -0.15) is 0 Å². The number of carbonyl (C=O) groups excluding carboxylic acids is 1. The average Bonchev–Trinajstić information content (AvgIpc) is 2.96. The van der Waals surface area contributed by atoms with Crippen molar-refractivity contribution in [3.8, 4) is 22.9 Å². The Hall–Kier alpha value is -4.51. The third-order valence-corrected chi connectivity index (χ3v) is 8.02. The second-order valence-electron chi connectivity index (χ2n) is 12.4. The predicted octanol–water partition coefficient (Wildman–Crippen LogP) is 6.39. The number of hydrogen-bond acceptors (Lipinski definition) is 8. The van der Waals surface area contributed by atoms with Gasteiger partial charge in [0.1, 0.15) is 19.5 Å². The van der Waals surface area contributed by atoms with Crippen molar-refractivity contribution in [1.29, 1.82) is 0 Å². The van der Waals surface area contributed by atoms with Crippen molar-refractivity contribution in [2.24, 2.45) is 5.41 Å². The molecule has 2 N–H and O–H groups in total. The van der Waals surface area contributed by atoms with Crippen molar-refractivity contribution >= 4 is 27.4 Å². The first kappa shape index (κ1) is 32.4. The molecule has 232 valence electrons. The lowest BCUT2D eigenvalue weighted by molar-refractivity contribution is -0.123. The van der Waals surface area contributed by atoms with Gasteiger partial charge in [-0.25, -0.2) is 23.4 Å². The molecule has 2 aromatic heterocycles. The van der Waals surface area contributed by atoms with Crippen LogP contribution in [0.2, 0.25) is 0 Å². The van der Waals surface area contributed by atoms with Gasteiger partial charge in [0.2, 0.25) is 17.7 Å². The molecule has 0 spiro atoms. The van der Waals surface area contributed by atoms with Gasteiger partial charge in [-0.05, 0) is 41.7 Å². The molecule has 0 fully saturated rings. The lowest BCUT2D eigenvalue weighted by atomic mass is 9.87. The van der Waals surface area contributed by atoms with Gasteiger partial charge >= 0.3 is 0 Å². The van der Waals surface area contributed by atoms with Gasteiger partial charge in [0.25, 0.3) is 10.0 Å². The zero-order chi connectivity index (χ0) is 32.1. The van der Waals surface area contributed by atoms with Gasteiger partial charge in [-0.3, -0.25) is 9.52 Å². The summed E-state index contributed by atoms with van der Waals surface area (Å²) in [6, 6.07) is 17.7. The number of nitrogens with zero attached hydrogens (tertiary/aromatic N) is 3. The summed E-state index contributed by atoms with van der Waals surface area (Å²) in [5.74, 6) is 0.529. The molecule has 0 aliphatic rings. The van der Waals surface area contributed by atoms with Crippen molar-refractivity contribution in [2.45, 2.75) is 58.8 Å². The van der Waals surface area contributed by atoms with Crippen molar-refractivity contribution in [2.75, 3.05) is 23.3 Å². The fourth-order valence-corrected chi connectivity index (χ4v) is 5.02. The van der Waals surface area contributed by atoms with E-state index in [2.05, 4.69) is 45.8 Å². The standard InChI is InChI=1S/C33H39N5O5S/c1-22-8-10-23(11-9-22)28-29(38-44(40,41)26-15-12-24(13-16-26)32(2,3)4)35-21-36-30(28)43-19-18-42-27-17-14-25(20-34-27)37-31(39)33(5,6)7/h8-17,20-21H,18-19H2,1-7H3,(H,37,39)(H,35,36,38). The van der Waals surface area contributed by atoms with E-state index in [4.69, 9.17) is 9.47 Å². The largest absolute Gasteiger partial charge is 0.474 e. The lowest BCUT2D eigenvalue weighted by Gasteiger charge is -2.19. The Morgan fingerprint density at radius 1 is 0.818 bits per heavy atom. The highest BCUT2D eigenvalue weighted by atomic mass is 32.2. The first-order chi connectivity index (χ1) is 20.6. The summed E-state index contributed by atoms with van der Waals surface area (Å²) in [4.78, 5) is 25.1. The summed E-state index contributed by atoms with van der Waals surface area (Å²) in [5, 5.41) is 2.82. The van der Waals surface area contributed by atoms with Crippen LogP contribution in [0.5, 0.6) is 11.8 Å². The minimum Gasteiger partial charge on any atom is -0.474 e. The molecule has 0 saturated carbocycles. The van der Waals surface area contributed by atoms with Crippen LogP contribution in [0.1, 0.15) is 52.7 Å². The number of aromatic nitrogens is 3. The summed E-state index contributed by atoms with van der Waals surface area (Å²) in [6.07, 6.45) is 2.77. The fraction of sp³-hybridized carbons (Fsp3) is 0.333. The smallest absolute Gasteiger partial charge is 0.263 e. The SMILES string of the molecule is Cc1ccc(-c2c(NS(=O)(=O)c3ccc(C(C)(C)C)cc3)ncnc2OCCOc2ccc(NC(=O)C(C)(C)C)cn2)cc1. The van der Waals surface area contributed by atoms with E-state index < -0.39 is 15.4 Å². The highest BCUT2D eigenvalue weighted by molar-refractivity contribution is 7.92. The monoisotopic (exact) mass is 617 g/mol. The first-order valence-corrected chi connectivity index (χ1v) is 15.7. The predicted molar refractivity (Wildman–Crippen MR) is 171 cm³/mol. The van der Waals surface area contributed by atoms with Crippen molar-refractivity contribution < 1.29 is 22.7 Å². The van der Waals surface area contributed by atoms with E-state index in [-0.39, 0.29) is 41.1 Å². The minimum atomic E-state index is -3.97. The molecule has 0 aliphatic heterocycles. The number of ether oxygens (including phenoxy) is 2. The van der Waals surface area contributed by atoms with Crippen LogP contribution in [0, 0.1) is 12.3 Å². The normalized spacial score (nSPS) is 12.0. The van der Waals surface area contributed by atoms with Gasteiger partial charge < -0.3 is 14.8 Å². The summed E-state index contributed by atoms with van der Waals surface area (Å²) in [5.41, 5.74) is 3.08. The van der Waals surface area contributed by atoms with Crippen LogP contribution in [-0.2, 0) is 20.2 Å². The maximum Gasteiger partial charge on any atom is 0.263 e. The summed E-state index contributed by atoms with van der Waals surface area (Å²) in [6.45, 7) is 13.9. The first-order valence-electron chi connectivity index (χ1n) is 14.2. The molecule has 0 unspecified atom stereocenters. The molecular weight excluding hydrogens is 578 g/mol. The molecule has 10 nitrogen and oxygen atoms in total. The van der Waals surface area contributed by atoms with Crippen LogP contribution in [0.4, 0.5) is 11.5 Å². The average molecular weight is 618 g/mol. The second-order valence-corrected chi connectivity index (χ2v) is 14.1. The summed E-state index contributed by atoms with van der Waals surface area (Å²) in [7, 11) is -3.97. The number of aryl methyl sites for hydroxylation is 1. The van der Waals surface area contributed by atoms with E-state index in [0.717, 1.165) is 11.1 Å². The molecule has 4 rings (SSSR count). The van der Waals surface area contributed by atoms with Gasteiger partial charge in [-0.15, -0.1) is 0 Å². The highest BCUT2D eigenvalue weighted by Gasteiger charge is 2.23.